The van der Waals surface area contributed by atoms with Gasteiger partial charge in [-0.1, -0.05) is 11.2 Å². The smallest absolute Gasteiger partial charge is 0.241 e. The van der Waals surface area contributed by atoms with E-state index < -0.39 is 10.0 Å². The molecule has 1 aromatic carbocycles. The van der Waals surface area contributed by atoms with Crippen molar-refractivity contribution in [1.82, 2.24) is 14.9 Å². The molecule has 0 unspecified atom stereocenters. The van der Waals surface area contributed by atoms with Gasteiger partial charge in [0.25, 0.3) is 0 Å². The molecule has 2 rings (SSSR count). The van der Waals surface area contributed by atoms with Gasteiger partial charge in [0.05, 0.1) is 11.5 Å². The van der Waals surface area contributed by atoms with E-state index in [1.807, 2.05) is 0 Å². The Morgan fingerprint density at radius 2 is 2.20 bits per heavy atom. The van der Waals surface area contributed by atoms with Crippen LogP contribution in [0.2, 0.25) is 0 Å². The van der Waals surface area contributed by atoms with Crippen molar-refractivity contribution in [3.63, 3.8) is 0 Å². The lowest BCUT2D eigenvalue weighted by Crippen LogP contribution is -2.26. The molecular formula is C11H12BrN3O4S. The van der Waals surface area contributed by atoms with E-state index in [1.54, 1.807) is 12.1 Å². The highest BCUT2D eigenvalue weighted by atomic mass is 79.9. The van der Waals surface area contributed by atoms with Crippen molar-refractivity contribution in [3.8, 4) is 0 Å². The van der Waals surface area contributed by atoms with Crippen LogP contribution < -0.4 is 4.72 Å². The van der Waals surface area contributed by atoms with Gasteiger partial charge in [0.1, 0.15) is 0 Å². The van der Waals surface area contributed by atoms with Gasteiger partial charge in [0, 0.05) is 17.4 Å². The quantitative estimate of drug-likeness (QED) is 0.789. The molecule has 0 radical (unpaired) electrons. The second-order valence-corrected chi connectivity index (χ2v) is 6.51. The van der Waals surface area contributed by atoms with Crippen molar-refractivity contribution in [3.05, 3.63) is 40.5 Å². The molecule has 1 heterocycles. The van der Waals surface area contributed by atoms with Crippen LogP contribution in [0.5, 0.6) is 0 Å². The van der Waals surface area contributed by atoms with Crippen molar-refractivity contribution in [1.29, 1.82) is 0 Å². The highest BCUT2D eigenvalue weighted by Crippen LogP contribution is 2.23. The number of hydrogen-bond acceptors (Lipinski definition) is 6. The number of aromatic nitrogens is 2. The summed E-state index contributed by atoms with van der Waals surface area (Å²) in [6.07, 6.45) is 1.52. The largest absolute Gasteiger partial charge is 0.392 e. The predicted octanol–water partition coefficient (Wildman–Crippen LogP) is 0.845. The fourth-order valence-electron chi connectivity index (χ4n) is 1.54. The number of sulfonamides is 1. The van der Waals surface area contributed by atoms with Crippen LogP contribution in [0.1, 0.15) is 11.4 Å². The second kappa shape index (κ2) is 6.44. The molecule has 0 aliphatic rings. The molecule has 2 N–H and O–H groups in total. The van der Waals surface area contributed by atoms with E-state index in [-0.39, 0.29) is 18.0 Å². The third-order valence-electron chi connectivity index (χ3n) is 2.52. The van der Waals surface area contributed by atoms with E-state index in [2.05, 4.69) is 35.3 Å². The van der Waals surface area contributed by atoms with Gasteiger partial charge < -0.3 is 9.63 Å². The molecule has 20 heavy (non-hydrogen) atoms. The average Bonchev–Trinajstić information content (AvgIpc) is 2.91. The predicted molar refractivity (Wildman–Crippen MR) is 73.3 cm³/mol. The van der Waals surface area contributed by atoms with Crippen LogP contribution in [-0.4, -0.2) is 30.2 Å². The van der Waals surface area contributed by atoms with Crippen LogP contribution in [0.25, 0.3) is 0 Å². The number of benzene rings is 1. The van der Waals surface area contributed by atoms with Crippen LogP contribution in [0, 0.1) is 0 Å². The monoisotopic (exact) mass is 361 g/mol. The minimum absolute atomic E-state index is 0.114. The Balaban J connectivity index is 2.06. The fourth-order valence-corrected chi connectivity index (χ4v) is 3.69. The Labute approximate surface area is 124 Å². The number of nitrogens with zero attached hydrogens (tertiary/aromatic N) is 2. The molecule has 2 aromatic rings. The summed E-state index contributed by atoms with van der Waals surface area (Å²) in [5, 5.41) is 12.6. The summed E-state index contributed by atoms with van der Waals surface area (Å²) in [5.74, 6) is 0.433. The third-order valence-corrected chi connectivity index (χ3v) is 4.95. The highest BCUT2D eigenvalue weighted by molar-refractivity contribution is 9.10. The number of aliphatic hydroxyl groups is 1. The second-order valence-electron chi connectivity index (χ2n) is 3.92. The van der Waals surface area contributed by atoms with Gasteiger partial charge in [-0.3, -0.25) is 0 Å². The van der Waals surface area contributed by atoms with Crippen LogP contribution in [0.3, 0.4) is 0 Å². The molecule has 0 atom stereocenters. The number of aliphatic hydroxyl groups excluding tert-OH is 1. The number of rotatable bonds is 6. The minimum Gasteiger partial charge on any atom is -0.392 e. The minimum atomic E-state index is -3.63. The van der Waals surface area contributed by atoms with E-state index >= 15 is 0 Å². The van der Waals surface area contributed by atoms with Crippen LogP contribution in [0.4, 0.5) is 0 Å². The SMILES string of the molecule is O=S(=O)(NCCc1ncon1)c1ccc(CO)cc1Br. The molecule has 0 bridgehead atoms. The molecule has 0 saturated carbocycles. The zero-order valence-corrected chi connectivity index (χ0v) is 12.7. The van der Waals surface area contributed by atoms with Gasteiger partial charge in [-0.05, 0) is 33.6 Å². The maximum atomic E-state index is 12.1. The van der Waals surface area contributed by atoms with Crippen LogP contribution in [-0.2, 0) is 23.1 Å². The molecule has 1 aromatic heterocycles. The topological polar surface area (TPSA) is 105 Å². The van der Waals surface area contributed by atoms with E-state index in [0.717, 1.165) is 0 Å². The van der Waals surface area contributed by atoms with Gasteiger partial charge in [0.2, 0.25) is 16.4 Å². The standard InChI is InChI=1S/C11H12BrN3O4S/c12-9-5-8(6-16)1-2-10(9)20(17,18)14-4-3-11-13-7-19-15-11/h1-2,5,7,14,16H,3-4,6H2. The molecular weight excluding hydrogens is 350 g/mol. The van der Waals surface area contributed by atoms with Gasteiger partial charge >= 0.3 is 0 Å². The van der Waals surface area contributed by atoms with Crippen molar-refractivity contribution < 1.29 is 18.0 Å². The Bertz CT molecular complexity index is 673. The zero-order valence-electron chi connectivity index (χ0n) is 10.3. The molecule has 0 aliphatic carbocycles. The summed E-state index contributed by atoms with van der Waals surface area (Å²) < 4.78 is 31.6. The Hall–Kier alpha value is -1.29. The molecule has 0 saturated heterocycles. The Morgan fingerprint density at radius 3 is 2.80 bits per heavy atom. The highest BCUT2D eigenvalue weighted by Gasteiger charge is 2.17. The Kier molecular flexibility index (Phi) is 4.86. The molecule has 0 fully saturated rings. The summed E-state index contributed by atoms with van der Waals surface area (Å²) >= 11 is 3.18. The average molecular weight is 362 g/mol. The summed E-state index contributed by atoms with van der Waals surface area (Å²) in [7, 11) is -3.63. The first kappa shape index (κ1) is 15.1. The van der Waals surface area contributed by atoms with Gasteiger partial charge in [0.15, 0.2) is 5.82 Å². The maximum Gasteiger partial charge on any atom is 0.241 e. The van der Waals surface area contributed by atoms with Crippen molar-refractivity contribution >= 4 is 26.0 Å². The Morgan fingerprint density at radius 1 is 1.40 bits per heavy atom. The van der Waals surface area contributed by atoms with Crippen molar-refractivity contribution in [2.45, 2.75) is 17.9 Å². The summed E-state index contributed by atoms with van der Waals surface area (Å²) in [6, 6.07) is 4.55. The molecule has 0 spiro atoms. The molecule has 7 nitrogen and oxygen atoms in total. The number of hydrogen-bond donors (Lipinski definition) is 2. The summed E-state index contributed by atoms with van der Waals surface area (Å²) in [4.78, 5) is 3.91. The lowest BCUT2D eigenvalue weighted by atomic mass is 10.2. The van der Waals surface area contributed by atoms with E-state index in [4.69, 9.17) is 5.11 Å². The van der Waals surface area contributed by atoms with E-state index in [1.165, 1.54) is 12.5 Å². The molecule has 0 aliphatic heterocycles. The zero-order chi connectivity index (χ0) is 14.6. The van der Waals surface area contributed by atoms with Crippen LogP contribution in [0.15, 0.2) is 38.5 Å². The first-order valence-corrected chi connectivity index (χ1v) is 7.95. The number of halogens is 1. The van der Waals surface area contributed by atoms with Crippen molar-refractivity contribution in [2.24, 2.45) is 0 Å². The lowest BCUT2D eigenvalue weighted by Gasteiger charge is -2.08. The van der Waals surface area contributed by atoms with E-state index in [9.17, 15) is 8.42 Å². The first-order chi connectivity index (χ1) is 9.53. The van der Waals surface area contributed by atoms with Gasteiger partial charge in [-0.25, -0.2) is 13.1 Å². The summed E-state index contributed by atoms with van der Waals surface area (Å²) in [6.45, 7) is 0.0141. The van der Waals surface area contributed by atoms with E-state index in [0.29, 0.717) is 22.3 Å². The van der Waals surface area contributed by atoms with Crippen molar-refractivity contribution in [2.75, 3.05) is 6.54 Å². The molecule has 9 heteroatoms. The maximum absolute atomic E-state index is 12.1. The number of nitrogens with one attached hydrogen (secondary N) is 1. The third kappa shape index (κ3) is 3.63. The lowest BCUT2D eigenvalue weighted by molar-refractivity contribution is 0.281. The van der Waals surface area contributed by atoms with Gasteiger partial charge in [-0.15, -0.1) is 0 Å². The molecule has 108 valence electrons. The molecule has 0 amide bonds. The van der Waals surface area contributed by atoms with Crippen LogP contribution >= 0.6 is 15.9 Å². The fraction of sp³-hybridized carbons (Fsp3) is 0.273. The summed E-state index contributed by atoms with van der Waals surface area (Å²) in [5.41, 5.74) is 0.627. The first-order valence-electron chi connectivity index (χ1n) is 5.67. The normalized spacial score (nSPS) is 11.7. The van der Waals surface area contributed by atoms with Gasteiger partial charge in [-0.2, -0.15) is 4.98 Å².